The number of hydrogen-bond acceptors (Lipinski definition) is 6. The van der Waals surface area contributed by atoms with Crippen molar-refractivity contribution in [3.05, 3.63) is 59.9 Å². The van der Waals surface area contributed by atoms with Crippen molar-refractivity contribution in [2.75, 3.05) is 6.61 Å². The van der Waals surface area contributed by atoms with Gasteiger partial charge in [0.05, 0.1) is 6.61 Å². The van der Waals surface area contributed by atoms with E-state index in [1.54, 1.807) is 30.3 Å². The fraction of sp³-hybridized carbons (Fsp3) is 0.294. The first-order chi connectivity index (χ1) is 12.0. The lowest BCUT2D eigenvalue weighted by Gasteiger charge is -2.30. The number of aliphatic hydroxyl groups excluding tert-OH is 3. The number of nitrogens with zero attached hydrogens (tertiary/aromatic N) is 1. The largest absolute Gasteiger partial charge is 0.394 e. The van der Waals surface area contributed by atoms with Gasteiger partial charge in [-0.2, -0.15) is 0 Å². The van der Waals surface area contributed by atoms with Crippen LogP contribution in [0.5, 0.6) is 0 Å². The second kappa shape index (κ2) is 7.16. The van der Waals surface area contributed by atoms with E-state index in [0.29, 0.717) is 11.3 Å². The van der Waals surface area contributed by atoms with Crippen LogP contribution in [0.25, 0.3) is 0 Å². The molecule has 2 aliphatic heterocycles. The van der Waals surface area contributed by atoms with Crippen LogP contribution in [0.2, 0.25) is 0 Å². The van der Waals surface area contributed by atoms with Gasteiger partial charge in [-0.3, -0.25) is 9.69 Å². The summed E-state index contributed by atoms with van der Waals surface area (Å²) in [7, 11) is 0. The molecule has 1 saturated heterocycles. The number of urea groups is 1. The first kappa shape index (κ1) is 17.3. The zero-order chi connectivity index (χ0) is 18.0. The van der Waals surface area contributed by atoms with Crippen LogP contribution in [-0.4, -0.2) is 63.2 Å². The van der Waals surface area contributed by atoms with Crippen molar-refractivity contribution >= 4 is 11.8 Å². The quantitative estimate of drug-likeness (QED) is 0.440. The van der Waals surface area contributed by atoms with E-state index in [9.17, 15) is 19.8 Å². The number of ether oxygens (including phenoxy) is 1. The summed E-state index contributed by atoms with van der Waals surface area (Å²) in [5, 5.41) is 31.4. The van der Waals surface area contributed by atoms with Gasteiger partial charge in [-0.05, 0) is 6.08 Å². The van der Waals surface area contributed by atoms with Crippen LogP contribution >= 0.6 is 0 Å². The van der Waals surface area contributed by atoms with Crippen molar-refractivity contribution in [2.24, 2.45) is 0 Å². The van der Waals surface area contributed by atoms with Crippen molar-refractivity contribution in [3.63, 3.8) is 0 Å². The Morgan fingerprint density at radius 1 is 1.24 bits per heavy atom. The predicted molar refractivity (Wildman–Crippen MR) is 86.1 cm³/mol. The summed E-state index contributed by atoms with van der Waals surface area (Å²) in [6.07, 6.45) is -0.636. The smallest absolute Gasteiger partial charge is 0.328 e. The van der Waals surface area contributed by atoms with E-state index in [2.05, 4.69) is 5.32 Å². The number of benzene rings is 1. The lowest BCUT2D eigenvalue weighted by atomic mass is 10.1. The Hall–Kier alpha value is -2.52. The van der Waals surface area contributed by atoms with Gasteiger partial charge in [0, 0.05) is 23.5 Å². The molecule has 0 unspecified atom stereocenters. The molecular weight excluding hydrogens is 328 g/mol. The number of aliphatic hydroxyl groups is 3. The molecule has 0 spiro atoms. The summed E-state index contributed by atoms with van der Waals surface area (Å²) in [4.78, 5) is 25.4. The van der Waals surface area contributed by atoms with Crippen LogP contribution in [0.3, 0.4) is 0 Å². The van der Waals surface area contributed by atoms with E-state index in [4.69, 9.17) is 9.84 Å². The van der Waals surface area contributed by atoms with Gasteiger partial charge in [0.2, 0.25) is 0 Å². The number of ketones is 1. The molecule has 25 heavy (non-hydrogen) atoms. The molecule has 2 heterocycles. The van der Waals surface area contributed by atoms with Gasteiger partial charge >= 0.3 is 6.03 Å². The molecule has 0 aliphatic carbocycles. The molecule has 8 heteroatoms. The Bertz CT molecular complexity index is 717. The van der Waals surface area contributed by atoms with Gasteiger partial charge in [-0.25, -0.2) is 4.79 Å². The van der Waals surface area contributed by atoms with Crippen molar-refractivity contribution in [2.45, 2.75) is 24.5 Å². The highest BCUT2D eigenvalue weighted by Crippen LogP contribution is 2.25. The number of hydrogen-bond donors (Lipinski definition) is 4. The topological polar surface area (TPSA) is 119 Å². The first-order valence-corrected chi connectivity index (χ1v) is 7.72. The summed E-state index contributed by atoms with van der Waals surface area (Å²) >= 11 is 0. The minimum Gasteiger partial charge on any atom is -0.394 e. The molecule has 3 rings (SSSR count). The molecule has 1 aromatic carbocycles. The molecule has 0 aromatic heterocycles. The molecule has 0 bridgehead atoms. The van der Waals surface area contributed by atoms with E-state index in [1.807, 2.05) is 0 Å². The van der Waals surface area contributed by atoms with Crippen molar-refractivity contribution < 1.29 is 29.6 Å². The van der Waals surface area contributed by atoms with Crippen molar-refractivity contribution in [1.29, 1.82) is 0 Å². The highest BCUT2D eigenvalue weighted by Gasteiger charge is 2.46. The van der Waals surface area contributed by atoms with Gasteiger partial charge in [0.15, 0.2) is 12.0 Å². The van der Waals surface area contributed by atoms with Gasteiger partial charge in [0.25, 0.3) is 0 Å². The zero-order valence-electron chi connectivity index (χ0n) is 13.1. The summed E-state index contributed by atoms with van der Waals surface area (Å²) in [5.74, 6) is -0.262. The van der Waals surface area contributed by atoms with E-state index in [-0.39, 0.29) is 5.78 Å². The van der Waals surface area contributed by atoms with E-state index >= 15 is 0 Å². The molecular formula is C17H18N2O6. The fourth-order valence-corrected chi connectivity index (χ4v) is 2.68. The third kappa shape index (κ3) is 3.47. The number of carbonyl (C=O) groups is 2. The minimum absolute atomic E-state index is 0.262. The van der Waals surface area contributed by atoms with E-state index in [0.717, 1.165) is 4.90 Å². The molecule has 2 amide bonds. The highest BCUT2D eigenvalue weighted by atomic mass is 16.6. The Balaban J connectivity index is 1.74. The number of rotatable bonds is 4. The van der Waals surface area contributed by atoms with Gasteiger partial charge < -0.3 is 25.4 Å². The number of allylic oxidation sites excluding steroid dienone is 2. The lowest BCUT2D eigenvalue weighted by Crippen LogP contribution is -2.49. The van der Waals surface area contributed by atoms with Crippen LogP contribution in [0.4, 0.5) is 4.79 Å². The molecule has 8 nitrogen and oxygen atoms in total. The molecule has 1 aromatic rings. The summed E-state index contributed by atoms with van der Waals surface area (Å²) < 4.78 is 5.31. The first-order valence-electron chi connectivity index (χ1n) is 7.72. The molecule has 0 radical (unpaired) electrons. The number of carbonyl (C=O) groups excluding carboxylic acids is 2. The second-order valence-electron chi connectivity index (χ2n) is 5.71. The van der Waals surface area contributed by atoms with E-state index < -0.39 is 37.2 Å². The molecule has 2 aliphatic rings. The third-order valence-electron chi connectivity index (χ3n) is 4.04. The van der Waals surface area contributed by atoms with Crippen LogP contribution in [0.15, 0.2) is 54.4 Å². The Morgan fingerprint density at radius 2 is 1.96 bits per heavy atom. The van der Waals surface area contributed by atoms with Crippen molar-refractivity contribution in [1.82, 2.24) is 10.2 Å². The Morgan fingerprint density at radius 3 is 2.56 bits per heavy atom. The summed E-state index contributed by atoms with van der Waals surface area (Å²) in [6.45, 7) is -0.482. The number of amides is 2. The van der Waals surface area contributed by atoms with Crippen LogP contribution in [-0.2, 0) is 4.74 Å². The zero-order valence-corrected chi connectivity index (χ0v) is 13.1. The SMILES string of the molecule is O=C(C=C1C=CN([C@@H]2O[C@H](CO)[C@@H](O)[C@H]2O)C(=O)N1)c1ccccc1. The summed E-state index contributed by atoms with van der Waals surface area (Å²) in [6, 6.07) is 7.99. The maximum absolute atomic E-state index is 12.2. The van der Waals surface area contributed by atoms with Gasteiger partial charge in [-0.1, -0.05) is 30.3 Å². The van der Waals surface area contributed by atoms with Crippen LogP contribution in [0.1, 0.15) is 10.4 Å². The average Bonchev–Trinajstić information content (AvgIpc) is 2.91. The Kier molecular flexibility index (Phi) is 4.95. The molecule has 1 fully saturated rings. The maximum Gasteiger partial charge on any atom is 0.328 e. The fourth-order valence-electron chi connectivity index (χ4n) is 2.68. The second-order valence-corrected chi connectivity index (χ2v) is 5.71. The minimum atomic E-state index is -1.36. The van der Waals surface area contributed by atoms with E-state index in [1.165, 1.54) is 18.4 Å². The van der Waals surface area contributed by atoms with Crippen LogP contribution in [0, 0.1) is 0 Å². The number of nitrogens with one attached hydrogen (secondary N) is 1. The monoisotopic (exact) mass is 346 g/mol. The molecule has 4 atom stereocenters. The molecule has 4 N–H and O–H groups in total. The van der Waals surface area contributed by atoms with Gasteiger partial charge in [-0.15, -0.1) is 0 Å². The van der Waals surface area contributed by atoms with Crippen LogP contribution < -0.4 is 5.32 Å². The maximum atomic E-state index is 12.2. The average molecular weight is 346 g/mol. The van der Waals surface area contributed by atoms with Gasteiger partial charge in [0.1, 0.15) is 18.3 Å². The van der Waals surface area contributed by atoms with Crippen molar-refractivity contribution in [3.8, 4) is 0 Å². The standard InChI is InChI=1S/C17H18N2O6/c20-9-13-14(22)15(23)16(25-13)19-7-6-11(18-17(19)24)8-12(21)10-4-2-1-3-5-10/h1-8,13-16,20,22-23H,9H2,(H,18,24)/t13-,14-,15-,16-/m1/s1. The highest BCUT2D eigenvalue weighted by molar-refractivity contribution is 6.05. The summed E-state index contributed by atoms with van der Waals surface area (Å²) in [5.41, 5.74) is 0.783. The predicted octanol–water partition coefficient (Wildman–Crippen LogP) is -0.269. The Labute approximate surface area is 143 Å². The third-order valence-corrected chi connectivity index (χ3v) is 4.04. The normalized spacial score (nSPS) is 30.6. The lowest BCUT2D eigenvalue weighted by molar-refractivity contribution is -0.0652. The molecule has 132 valence electrons. The molecule has 0 saturated carbocycles.